The molecule has 0 saturated carbocycles. The van der Waals surface area contributed by atoms with Crippen molar-refractivity contribution in [2.24, 2.45) is 0 Å². The van der Waals surface area contributed by atoms with Gasteiger partial charge >= 0.3 is 11.9 Å². The molecule has 4 heteroatoms. The Balaban J connectivity index is 1.87. The minimum atomic E-state index is -0.568. The fourth-order valence-electron chi connectivity index (χ4n) is 5.85. The molecule has 3 nitrogen and oxygen atoms in total. The third-order valence-electron chi connectivity index (χ3n) is 7.74. The van der Waals surface area contributed by atoms with Gasteiger partial charge in [0.15, 0.2) is 0 Å². The Labute approximate surface area is 200 Å². The largest absolute Gasteiger partial charge is 0.386 e. The Kier molecular flexibility index (Phi) is 4.38. The smallest absolute Gasteiger partial charge is 0.346 e. The summed E-state index contributed by atoms with van der Waals surface area (Å²) in [6.07, 6.45) is 1.88. The molecule has 0 bridgehead atoms. The van der Waals surface area contributed by atoms with E-state index in [-0.39, 0.29) is 10.2 Å². The summed E-state index contributed by atoms with van der Waals surface area (Å²) in [6, 6.07) is 18.8. The van der Waals surface area contributed by atoms with E-state index in [0.717, 1.165) is 40.3 Å². The predicted octanol–water partition coefficient (Wildman–Crippen LogP) is 7.85. The summed E-state index contributed by atoms with van der Waals surface area (Å²) in [4.78, 5) is 25.6. The SMILES string of the molecule is CCC(Br)c1ccc2c3c(cccc13)C(C)(CC)c1ccc3c4c(ccc-2c14)C(=O)OC3=O. The van der Waals surface area contributed by atoms with E-state index >= 15 is 0 Å². The van der Waals surface area contributed by atoms with Crippen molar-refractivity contribution in [2.45, 2.75) is 43.9 Å². The van der Waals surface area contributed by atoms with Crippen molar-refractivity contribution < 1.29 is 14.3 Å². The molecule has 1 aliphatic heterocycles. The van der Waals surface area contributed by atoms with Crippen LogP contribution in [0.4, 0.5) is 0 Å². The number of ether oxygens (including phenoxy) is 1. The van der Waals surface area contributed by atoms with Crippen LogP contribution in [-0.2, 0) is 10.2 Å². The van der Waals surface area contributed by atoms with E-state index in [0.29, 0.717) is 11.1 Å². The first-order chi connectivity index (χ1) is 15.9. The lowest BCUT2D eigenvalue weighted by Gasteiger charge is -2.32. The number of halogens is 1. The highest BCUT2D eigenvalue weighted by molar-refractivity contribution is 9.09. The topological polar surface area (TPSA) is 43.4 Å². The molecule has 0 saturated heterocycles. The van der Waals surface area contributed by atoms with Crippen molar-refractivity contribution in [3.8, 4) is 11.1 Å². The lowest BCUT2D eigenvalue weighted by atomic mass is 9.71. The third-order valence-corrected chi connectivity index (χ3v) is 8.88. The minimum Gasteiger partial charge on any atom is -0.386 e. The first-order valence-electron chi connectivity index (χ1n) is 11.5. The predicted molar refractivity (Wildman–Crippen MR) is 135 cm³/mol. The fraction of sp³-hybridized carbons (Fsp3) is 0.241. The molecule has 1 aliphatic carbocycles. The van der Waals surface area contributed by atoms with E-state index in [1.807, 2.05) is 18.2 Å². The highest BCUT2D eigenvalue weighted by Crippen LogP contribution is 2.52. The van der Waals surface area contributed by atoms with Crippen LogP contribution in [0.1, 0.15) is 75.8 Å². The van der Waals surface area contributed by atoms with Gasteiger partial charge in [-0.25, -0.2) is 9.59 Å². The maximum Gasteiger partial charge on any atom is 0.346 e. The summed E-state index contributed by atoms with van der Waals surface area (Å²) in [5.74, 6) is -1.14. The van der Waals surface area contributed by atoms with Gasteiger partial charge in [0.1, 0.15) is 0 Å². The van der Waals surface area contributed by atoms with Gasteiger partial charge in [-0.1, -0.05) is 79.2 Å². The standard InChI is InChI=1S/C29H23BrO3/c1-4-23(30)15-9-10-17-18-11-12-19-25-20(28(32)33-27(19)31)13-14-22(26(18)25)29(3,5-2)21-8-6-7-16(15)24(17)21/h6-14,23H,4-5H2,1-3H3. The van der Waals surface area contributed by atoms with Crippen LogP contribution in [0.15, 0.2) is 54.6 Å². The molecule has 0 radical (unpaired) electrons. The van der Waals surface area contributed by atoms with Gasteiger partial charge in [0.25, 0.3) is 0 Å². The molecule has 2 unspecified atom stereocenters. The quantitative estimate of drug-likeness (QED) is 0.164. The molecule has 2 aliphatic rings. The number of alkyl halides is 1. The van der Waals surface area contributed by atoms with Crippen LogP contribution in [-0.4, -0.2) is 11.9 Å². The molecular weight excluding hydrogens is 476 g/mol. The second-order valence-corrected chi connectivity index (χ2v) is 10.3. The highest BCUT2D eigenvalue weighted by atomic mass is 79.9. The first-order valence-corrected chi connectivity index (χ1v) is 12.4. The van der Waals surface area contributed by atoms with Crippen molar-refractivity contribution in [3.05, 3.63) is 82.4 Å². The van der Waals surface area contributed by atoms with E-state index in [1.54, 1.807) is 0 Å². The van der Waals surface area contributed by atoms with Gasteiger partial charge in [-0.2, -0.15) is 0 Å². The van der Waals surface area contributed by atoms with Crippen LogP contribution in [0.3, 0.4) is 0 Å². The Morgan fingerprint density at radius 2 is 1.39 bits per heavy atom. The fourth-order valence-corrected chi connectivity index (χ4v) is 6.25. The average Bonchev–Trinajstić information content (AvgIpc) is 2.93. The van der Waals surface area contributed by atoms with Crippen LogP contribution in [0.2, 0.25) is 0 Å². The summed E-state index contributed by atoms with van der Waals surface area (Å²) in [5, 5.41) is 4.23. The van der Waals surface area contributed by atoms with E-state index in [4.69, 9.17) is 4.74 Å². The van der Waals surface area contributed by atoms with Crippen molar-refractivity contribution >= 4 is 49.4 Å². The van der Waals surface area contributed by atoms with Gasteiger partial charge in [0.05, 0.1) is 11.1 Å². The van der Waals surface area contributed by atoms with Crippen molar-refractivity contribution in [1.82, 2.24) is 0 Å². The van der Waals surface area contributed by atoms with Gasteiger partial charge in [0.2, 0.25) is 0 Å². The number of hydrogen-bond donors (Lipinski definition) is 0. The molecule has 1 heterocycles. The number of carbonyl (C=O) groups excluding carboxylic acids is 2. The molecule has 2 atom stereocenters. The zero-order chi connectivity index (χ0) is 23.1. The van der Waals surface area contributed by atoms with Gasteiger partial charge in [0, 0.05) is 15.6 Å². The van der Waals surface area contributed by atoms with Crippen molar-refractivity contribution in [3.63, 3.8) is 0 Å². The molecule has 4 aromatic carbocycles. The maximum atomic E-state index is 12.6. The Bertz CT molecular complexity index is 1510. The van der Waals surface area contributed by atoms with Crippen LogP contribution >= 0.6 is 15.9 Å². The Morgan fingerprint density at radius 1 is 0.788 bits per heavy atom. The monoisotopic (exact) mass is 498 g/mol. The molecule has 164 valence electrons. The van der Waals surface area contributed by atoms with Crippen LogP contribution in [0.25, 0.3) is 32.7 Å². The van der Waals surface area contributed by atoms with Crippen LogP contribution < -0.4 is 0 Å². The molecule has 0 amide bonds. The van der Waals surface area contributed by atoms with Crippen molar-refractivity contribution in [1.29, 1.82) is 0 Å². The average molecular weight is 499 g/mol. The van der Waals surface area contributed by atoms with Gasteiger partial charge in [-0.15, -0.1) is 0 Å². The van der Waals surface area contributed by atoms with E-state index in [2.05, 4.69) is 73.1 Å². The number of hydrogen-bond acceptors (Lipinski definition) is 3. The molecule has 0 fully saturated rings. The molecule has 0 spiro atoms. The van der Waals surface area contributed by atoms with E-state index in [9.17, 15) is 9.59 Å². The highest BCUT2D eigenvalue weighted by Gasteiger charge is 2.38. The second kappa shape index (κ2) is 7.01. The van der Waals surface area contributed by atoms with Gasteiger partial charge in [-0.3, -0.25) is 0 Å². The Hall–Kier alpha value is -2.98. The zero-order valence-corrected chi connectivity index (χ0v) is 20.4. The summed E-state index contributed by atoms with van der Waals surface area (Å²) >= 11 is 3.88. The van der Waals surface area contributed by atoms with E-state index < -0.39 is 11.9 Å². The number of fused-ring (bicyclic) bond motifs is 1. The minimum absolute atomic E-state index is 0.271. The second-order valence-electron chi connectivity index (χ2n) is 9.24. The summed E-state index contributed by atoms with van der Waals surface area (Å²) in [5.41, 5.74) is 6.59. The lowest BCUT2D eigenvalue weighted by Crippen LogP contribution is -2.25. The summed E-state index contributed by atoms with van der Waals surface area (Å²) in [6.45, 7) is 6.68. The number of cyclic esters (lactones) is 2. The third kappa shape index (κ3) is 2.56. The maximum absolute atomic E-state index is 12.6. The number of carbonyl (C=O) groups is 2. The van der Waals surface area contributed by atoms with Crippen LogP contribution in [0, 0.1) is 0 Å². The molecule has 0 aromatic heterocycles. The number of rotatable bonds is 3. The number of esters is 2. The summed E-state index contributed by atoms with van der Waals surface area (Å²) < 4.78 is 5.03. The van der Waals surface area contributed by atoms with Crippen LogP contribution in [0.5, 0.6) is 0 Å². The zero-order valence-electron chi connectivity index (χ0n) is 18.8. The lowest BCUT2D eigenvalue weighted by molar-refractivity contribution is 0.0391. The molecule has 6 rings (SSSR count). The Morgan fingerprint density at radius 3 is 2.09 bits per heavy atom. The van der Waals surface area contributed by atoms with Crippen molar-refractivity contribution in [2.75, 3.05) is 0 Å². The van der Waals surface area contributed by atoms with Gasteiger partial charge in [-0.05, 0) is 69.0 Å². The molecular formula is C29H23BrO3. The molecule has 0 N–H and O–H groups in total. The molecule has 33 heavy (non-hydrogen) atoms. The molecule has 4 aromatic rings. The summed E-state index contributed by atoms with van der Waals surface area (Å²) in [7, 11) is 0. The first kappa shape index (κ1) is 20.6. The van der Waals surface area contributed by atoms with Gasteiger partial charge < -0.3 is 4.74 Å². The normalized spacial score (nSPS) is 19.5. The number of benzene rings is 4. The van der Waals surface area contributed by atoms with E-state index in [1.165, 1.54) is 21.9 Å².